The molecule has 1 aromatic heterocycles. The average Bonchev–Trinajstić information content (AvgIpc) is 2.85. The Morgan fingerprint density at radius 1 is 1.33 bits per heavy atom. The number of halogens is 1. The van der Waals surface area contributed by atoms with E-state index in [1.165, 1.54) is 0 Å². The number of hydrogen-bond acceptors (Lipinski definition) is 5. The molecule has 1 unspecified atom stereocenters. The highest BCUT2D eigenvalue weighted by molar-refractivity contribution is 9.10. The number of aliphatic hydroxyl groups excluding tert-OH is 1. The second-order valence-electron chi connectivity index (χ2n) is 3.81. The Labute approximate surface area is 118 Å². The number of aromatic nitrogens is 2. The van der Waals surface area contributed by atoms with Crippen molar-refractivity contribution in [3.8, 4) is 11.5 Å². The van der Waals surface area contributed by atoms with Gasteiger partial charge in [-0.2, -0.15) is 0 Å². The van der Waals surface area contributed by atoms with Gasteiger partial charge in [-0.25, -0.2) is 0 Å². The third-order valence-corrected chi connectivity index (χ3v) is 3.97. The van der Waals surface area contributed by atoms with E-state index in [2.05, 4.69) is 26.1 Å². The van der Waals surface area contributed by atoms with Gasteiger partial charge >= 0.3 is 0 Å². The quantitative estimate of drug-likeness (QED) is 0.913. The Bertz CT molecular complexity index is 501. The number of thioether (sulfide) groups is 1. The van der Waals surface area contributed by atoms with Crippen LogP contribution < -0.4 is 0 Å². The molecule has 1 N–H and O–H groups in total. The second kappa shape index (κ2) is 6.36. The van der Waals surface area contributed by atoms with Crippen molar-refractivity contribution in [3.63, 3.8) is 0 Å². The van der Waals surface area contributed by atoms with Crippen LogP contribution in [0.15, 0.2) is 33.2 Å². The molecule has 1 aromatic carbocycles. The van der Waals surface area contributed by atoms with Crippen molar-refractivity contribution in [2.45, 2.75) is 17.9 Å². The molecule has 1 atom stereocenters. The molecule has 6 heteroatoms. The molecular weight excluding hydrogens is 316 g/mol. The fourth-order valence-electron chi connectivity index (χ4n) is 1.29. The number of rotatable bonds is 5. The topological polar surface area (TPSA) is 59.2 Å². The molecule has 0 spiro atoms. The average molecular weight is 329 g/mol. The maximum Gasteiger partial charge on any atom is 0.247 e. The SMILES string of the molecule is CC(CO)SCc1nnc(-c2ccc(Br)cc2)o1. The zero-order chi connectivity index (χ0) is 13.0. The predicted molar refractivity (Wildman–Crippen MR) is 75.3 cm³/mol. The Kier molecular flexibility index (Phi) is 4.79. The molecule has 1 heterocycles. The first kappa shape index (κ1) is 13.6. The standard InChI is InChI=1S/C12H13BrN2O2S/c1-8(6-16)18-7-11-14-15-12(17-11)9-2-4-10(13)5-3-9/h2-5,8,16H,6-7H2,1H3. The van der Waals surface area contributed by atoms with Crippen LogP contribution in [0.4, 0.5) is 0 Å². The molecule has 0 radical (unpaired) electrons. The van der Waals surface area contributed by atoms with Crippen molar-refractivity contribution in [2.24, 2.45) is 0 Å². The van der Waals surface area contributed by atoms with Crippen molar-refractivity contribution in [2.75, 3.05) is 6.61 Å². The molecule has 18 heavy (non-hydrogen) atoms. The van der Waals surface area contributed by atoms with Crippen LogP contribution >= 0.6 is 27.7 Å². The van der Waals surface area contributed by atoms with Crippen molar-refractivity contribution < 1.29 is 9.52 Å². The molecule has 0 aliphatic heterocycles. The molecule has 4 nitrogen and oxygen atoms in total. The molecule has 2 aromatic rings. The van der Waals surface area contributed by atoms with Gasteiger partial charge < -0.3 is 9.52 Å². The van der Waals surface area contributed by atoms with Crippen LogP contribution in [0.25, 0.3) is 11.5 Å². The summed E-state index contributed by atoms with van der Waals surface area (Å²) in [4.78, 5) is 0. The molecule has 0 bridgehead atoms. The number of hydrogen-bond donors (Lipinski definition) is 1. The summed E-state index contributed by atoms with van der Waals surface area (Å²) in [5, 5.41) is 17.1. The molecule has 2 rings (SSSR count). The Balaban J connectivity index is 2.03. The van der Waals surface area contributed by atoms with E-state index in [-0.39, 0.29) is 11.9 Å². The first-order valence-corrected chi connectivity index (χ1v) is 7.34. The molecule has 0 aliphatic rings. The lowest BCUT2D eigenvalue weighted by Gasteiger charge is -2.03. The summed E-state index contributed by atoms with van der Waals surface area (Å²) in [5.74, 6) is 1.72. The van der Waals surface area contributed by atoms with Gasteiger partial charge in [-0.05, 0) is 24.3 Å². The van der Waals surface area contributed by atoms with E-state index < -0.39 is 0 Å². The minimum absolute atomic E-state index is 0.151. The third-order valence-electron chi connectivity index (χ3n) is 2.31. The molecule has 0 fully saturated rings. The van der Waals surface area contributed by atoms with Crippen molar-refractivity contribution in [1.82, 2.24) is 10.2 Å². The van der Waals surface area contributed by atoms with Crippen LogP contribution in [0.1, 0.15) is 12.8 Å². The summed E-state index contributed by atoms with van der Waals surface area (Å²) in [7, 11) is 0. The van der Waals surface area contributed by atoms with Crippen molar-refractivity contribution in [3.05, 3.63) is 34.6 Å². The fourth-order valence-corrected chi connectivity index (χ4v) is 2.20. The lowest BCUT2D eigenvalue weighted by atomic mass is 10.2. The van der Waals surface area contributed by atoms with Gasteiger partial charge in [0.1, 0.15) is 0 Å². The van der Waals surface area contributed by atoms with Gasteiger partial charge in [0.15, 0.2) is 0 Å². The highest BCUT2D eigenvalue weighted by atomic mass is 79.9. The van der Waals surface area contributed by atoms with E-state index >= 15 is 0 Å². The van der Waals surface area contributed by atoms with Gasteiger partial charge in [0.25, 0.3) is 0 Å². The van der Waals surface area contributed by atoms with Crippen molar-refractivity contribution in [1.29, 1.82) is 0 Å². The summed E-state index contributed by atoms with van der Waals surface area (Å²) in [6.45, 7) is 2.11. The maximum atomic E-state index is 8.93. The molecular formula is C12H13BrN2O2S. The van der Waals surface area contributed by atoms with E-state index in [9.17, 15) is 0 Å². The zero-order valence-corrected chi connectivity index (χ0v) is 12.2. The highest BCUT2D eigenvalue weighted by Gasteiger charge is 2.10. The summed E-state index contributed by atoms with van der Waals surface area (Å²) < 4.78 is 6.58. The van der Waals surface area contributed by atoms with Gasteiger partial charge in [0.2, 0.25) is 11.8 Å². The predicted octanol–water partition coefficient (Wildman–Crippen LogP) is 3.11. The maximum absolute atomic E-state index is 8.93. The van der Waals surface area contributed by atoms with Crippen molar-refractivity contribution >= 4 is 27.7 Å². The molecule has 96 valence electrons. The highest BCUT2D eigenvalue weighted by Crippen LogP contribution is 2.22. The van der Waals surface area contributed by atoms with Gasteiger partial charge in [0.05, 0.1) is 12.4 Å². The van der Waals surface area contributed by atoms with Crippen LogP contribution in [0.5, 0.6) is 0 Å². The van der Waals surface area contributed by atoms with E-state index in [1.54, 1.807) is 11.8 Å². The number of aliphatic hydroxyl groups is 1. The zero-order valence-electron chi connectivity index (χ0n) is 9.84. The Morgan fingerprint density at radius 3 is 2.72 bits per heavy atom. The Hall–Kier alpha value is -0.850. The largest absolute Gasteiger partial charge is 0.420 e. The van der Waals surface area contributed by atoms with Gasteiger partial charge in [0, 0.05) is 15.3 Å². The summed E-state index contributed by atoms with van der Waals surface area (Å²) in [6, 6.07) is 7.71. The van der Waals surface area contributed by atoms with E-state index in [0.717, 1.165) is 10.0 Å². The van der Waals surface area contributed by atoms with E-state index in [1.807, 2.05) is 31.2 Å². The molecule has 0 aliphatic carbocycles. The monoisotopic (exact) mass is 328 g/mol. The van der Waals surface area contributed by atoms with Gasteiger partial charge in [-0.15, -0.1) is 22.0 Å². The lowest BCUT2D eigenvalue weighted by molar-refractivity contribution is 0.300. The van der Waals surface area contributed by atoms with Crippen LogP contribution in [0.3, 0.4) is 0 Å². The normalized spacial score (nSPS) is 12.6. The first-order chi connectivity index (χ1) is 8.69. The lowest BCUT2D eigenvalue weighted by Crippen LogP contribution is -2.02. The Morgan fingerprint density at radius 2 is 2.06 bits per heavy atom. The van der Waals surface area contributed by atoms with Crippen LogP contribution in [-0.2, 0) is 5.75 Å². The molecule has 0 amide bonds. The minimum atomic E-state index is 0.151. The minimum Gasteiger partial charge on any atom is -0.420 e. The summed E-state index contributed by atoms with van der Waals surface area (Å²) >= 11 is 4.96. The smallest absolute Gasteiger partial charge is 0.247 e. The van der Waals surface area contributed by atoms with Gasteiger partial charge in [-0.1, -0.05) is 22.9 Å². The van der Waals surface area contributed by atoms with Crippen LogP contribution in [0, 0.1) is 0 Å². The summed E-state index contributed by atoms with van der Waals surface area (Å²) in [5.41, 5.74) is 0.900. The number of benzene rings is 1. The second-order valence-corrected chi connectivity index (χ2v) is 6.15. The van der Waals surface area contributed by atoms with Crippen LogP contribution in [0.2, 0.25) is 0 Å². The summed E-state index contributed by atoms with van der Waals surface area (Å²) in [6.07, 6.45) is 0. The third kappa shape index (κ3) is 3.57. The molecule has 0 saturated carbocycles. The van der Waals surface area contributed by atoms with E-state index in [0.29, 0.717) is 17.5 Å². The number of nitrogens with zero attached hydrogens (tertiary/aromatic N) is 2. The first-order valence-electron chi connectivity index (χ1n) is 5.50. The van der Waals surface area contributed by atoms with E-state index in [4.69, 9.17) is 9.52 Å². The van der Waals surface area contributed by atoms with Crippen LogP contribution in [-0.4, -0.2) is 27.2 Å². The molecule has 0 saturated heterocycles. The van der Waals surface area contributed by atoms with Gasteiger partial charge in [-0.3, -0.25) is 0 Å². The fraction of sp³-hybridized carbons (Fsp3) is 0.333.